The quantitative estimate of drug-likeness (QED) is 0.0927. The number of thiophene rings is 1. The minimum atomic E-state index is -0.768. The number of hydrogen-bond acceptors (Lipinski definition) is 10. The van der Waals surface area contributed by atoms with E-state index in [1.807, 2.05) is 52.0 Å². The van der Waals surface area contributed by atoms with Gasteiger partial charge in [-0.1, -0.05) is 33.8 Å². The van der Waals surface area contributed by atoms with Crippen LogP contribution in [0.1, 0.15) is 113 Å². The number of carbonyl (C=O) groups excluding carboxylic acids is 4. The third-order valence-corrected chi connectivity index (χ3v) is 14.9. The van der Waals surface area contributed by atoms with Gasteiger partial charge in [0.25, 0.3) is 0 Å². The highest BCUT2D eigenvalue weighted by Crippen LogP contribution is 2.52. The highest BCUT2D eigenvalue weighted by Gasteiger charge is 2.41. The number of ether oxygens (including phenoxy) is 3. The average Bonchev–Trinajstić information content (AvgIpc) is 4.05. The van der Waals surface area contributed by atoms with Gasteiger partial charge < -0.3 is 44.6 Å². The van der Waals surface area contributed by atoms with Gasteiger partial charge in [0.2, 0.25) is 18.0 Å². The molecule has 2 aromatic carbocycles. The molecule has 10 rings (SSSR count). The molecule has 1 aliphatic carbocycles. The summed E-state index contributed by atoms with van der Waals surface area (Å²) < 4.78 is 35.6. The van der Waals surface area contributed by atoms with Crippen molar-refractivity contribution in [3.63, 3.8) is 0 Å². The van der Waals surface area contributed by atoms with E-state index in [0.29, 0.717) is 65.3 Å². The summed E-state index contributed by atoms with van der Waals surface area (Å²) in [5.41, 5.74) is 5.98. The van der Waals surface area contributed by atoms with Crippen LogP contribution in [0.25, 0.3) is 44.7 Å². The molecule has 0 bridgehead atoms. The number of likely N-dealkylation sites (tertiary alicyclic amines) is 2. The number of nitrogens with zero attached hydrogens (tertiary/aromatic N) is 5. The molecule has 7 heterocycles. The van der Waals surface area contributed by atoms with Gasteiger partial charge in [0.15, 0.2) is 0 Å². The number of carbonyl (C=O) groups is 4. The maximum atomic E-state index is 17.0. The third-order valence-electron chi connectivity index (χ3n) is 13.9. The van der Waals surface area contributed by atoms with Gasteiger partial charge in [-0.15, -0.1) is 11.3 Å². The Bertz CT molecular complexity index is 2910. The maximum absolute atomic E-state index is 17.0. The first-order valence-electron chi connectivity index (χ1n) is 23.5. The first-order valence-corrected chi connectivity index (χ1v) is 24.3. The molecule has 4 aliphatic rings. The highest BCUT2D eigenvalue weighted by atomic mass is 32.1. The number of alkyl carbamates (subject to hydrolysis) is 2. The molecule has 4 amide bonds. The lowest BCUT2D eigenvalue weighted by atomic mass is 10.0. The lowest BCUT2D eigenvalue weighted by Gasteiger charge is -2.31. The van der Waals surface area contributed by atoms with Crippen LogP contribution in [0.5, 0.6) is 5.75 Å². The molecule has 4 N–H and O–H groups in total. The zero-order valence-corrected chi connectivity index (χ0v) is 39.7. The second-order valence-electron chi connectivity index (χ2n) is 18.9. The van der Waals surface area contributed by atoms with Gasteiger partial charge in [0, 0.05) is 29.6 Å². The van der Waals surface area contributed by atoms with Crippen molar-refractivity contribution in [1.82, 2.24) is 44.9 Å². The zero-order valence-electron chi connectivity index (χ0n) is 38.9. The second kappa shape index (κ2) is 18.1. The molecule has 1 saturated carbocycles. The van der Waals surface area contributed by atoms with Gasteiger partial charge in [-0.2, -0.15) is 0 Å². The van der Waals surface area contributed by atoms with Crippen molar-refractivity contribution in [3.8, 4) is 39.5 Å². The van der Waals surface area contributed by atoms with E-state index in [0.717, 1.165) is 59.1 Å². The minimum absolute atomic E-state index is 0.149. The van der Waals surface area contributed by atoms with Gasteiger partial charge in [-0.25, -0.2) is 23.9 Å². The molecule has 3 aliphatic heterocycles. The van der Waals surface area contributed by atoms with Crippen molar-refractivity contribution in [1.29, 1.82) is 0 Å². The first-order chi connectivity index (χ1) is 32.8. The average molecular weight is 946 g/mol. The van der Waals surface area contributed by atoms with Crippen molar-refractivity contribution >= 4 is 46.2 Å². The summed E-state index contributed by atoms with van der Waals surface area (Å²) in [5, 5.41) is 8.40. The summed E-state index contributed by atoms with van der Waals surface area (Å²) >= 11 is 1.65. The summed E-state index contributed by atoms with van der Waals surface area (Å²) in [7, 11) is 2.55. The first kappa shape index (κ1) is 45.1. The number of rotatable bonds is 12. The molecule has 16 nitrogen and oxygen atoms in total. The highest BCUT2D eigenvalue weighted by molar-refractivity contribution is 7.10. The van der Waals surface area contributed by atoms with Crippen LogP contribution in [0.2, 0.25) is 0 Å². The summed E-state index contributed by atoms with van der Waals surface area (Å²) in [6.45, 7) is 8.59. The fourth-order valence-electron chi connectivity index (χ4n) is 10.2. The molecule has 356 valence electrons. The molecule has 68 heavy (non-hydrogen) atoms. The van der Waals surface area contributed by atoms with Crippen LogP contribution in [0.3, 0.4) is 0 Å². The van der Waals surface area contributed by atoms with Crippen molar-refractivity contribution in [2.45, 2.75) is 103 Å². The predicted octanol–water partition coefficient (Wildman–Crippen LogP) is 9.19. The molecule has 1 unspecified atom stereocenters. The minimum Gasteiger partial charge on any atom is -0.464 e. The van der Waals surface area contributed by atoms with Crippen LogP contribution < -0.4 is 15.4 Å². The number of nitrogens with one attached hydrogen (secondary N) is 4. The topological polar surface area (TPSA) is 189 Å². The van der Waals surface area contributed by atoms with Crippen molar-refractivity contribution in [2.24, 2.45) is 11.8 Å². The summed E-state index contributed by atoms with van der Waals surface area (Å²) in [6.07, 6.45) is 6.78. The zero-order chi connectivity index (χ0) is 47.5. The van der Waals surface area contributed by atoms with Crippen LogP contribution >= 0.6 is 11.3 Å². The molecule has 0 spiro atoms. The SMILES string of the molecule is COC(=O)N[C@H](C(=O)N1CCC[C@H]1c1ncc(-c2cc(F)c3c(c2)OC(c2sccc2C2CC2)n2c-3cc3cc(-c4cnc([C@@H]5CCCN5C(=O)[C@@H](NC(=O)OC)C(C)C)[nH]4)ccc32)[nH]1)C(C)C. The van der Waals surface area contributed by atoms with Gasteiger partial charge in [0.05, 0.1) is 71.7 Å². The molecule has 4 aromatic heterocycles. The number of methoxy groups -OCH3 is 2. The Labute approximate surface area is 396 Å². The molecule has 5 atom stereocenters. The number of aromatic nitrogens is 5. The Morgan fingerprint density at radius 1 is 0.779 bits per heavy atom. The lowest BCUT2D eigenvalue weighted by molar-refractivity contribution is -0.136. The second-order valence-corrected chi connectivity index (χ2v) is 19.9. The van der Waals surface area contributed by atoms with Gasteiger partial charge in [0.1, 0.15) is 35.3 Å². The Morgan fingerprint density at radius 3 is 1.93 bits per heavy atom. The number of amides is 4. The van der Waals surface area contributed by atoms with Gasteiger partial charge >= 0.3 is 12.2 Å². The van der Waals surface area contributed by atoms with Gasteiger partial charge in [-0.05, 0) is 104 Å². The molecule has 3 fully saturated rings. The number of aromatic amines is 2. The molecule has 0 radical (unpaired) electrons. The van der Waals surface area contributed by atoms with E-state index in [1.54, 1.807) is 33.5 Å². The van der Waals surface area contributed by atoms with E-state index in [4.69, 9.17) is 24.2 Å². The van der Waals surface area contributed by atoms with E-state index in [1.165, 1.54) is 25.8 Å². The Balaban J connectivity index is 0.969. The number of H-pyrrole nitrogens is 2. The van der Waals surface area contributed by atoms with E-state index < -0.39 is 36.3 Å². The maximum Gasteiger partial charge on any atom is 0.407 e. The normalized spacial score (nSPS) is 19.8. The van der Waals surface area contributed by atoms with Crippen LogP contribution in [0, 0.1) is 17.7 Å². The number of hydrogen-bond donors (Lipinski definition) is 4. The van der Waals surface area contributed by atoms with Crippen molar-refractivity contribution in [2.75, 3.05) is 27.3 Å². The van der Waals surface area contributed by atoms with Crippen LogP contribution in [-0.4, -0.2) is 97.7 Å². The third kappa shape index (κ3) is 8.15. The smallest absolute Gasteiger partial charge is 0.407 e. The van der Waals surface area contributed by atoms with Crippen LogP contribution in [0.4, 0.5) is 14.0 Å². The lowest BCUT2D eigenvalue weighted by Crippen LogP contribution is -2.51. The van der Waals surface area contributed by atoms with E-state index in [9.17, 15) is 19.2 Å². The standard InChI is InChI=1S/C50H56FN9O7S/c1-25(2)41(56-49(63)65-5)46(61)58-16-7-9-36(58)44-52-23-33(54-44)28-13-14-35-30(19-28)21-38-40-32(51)20-29(22-39(40)67-48(60(35)38)43-31(15-18-68-43)27-11-12-27)34-24-53-45(55-34)37-10-8-17-59(37)47(62)42(26(3)4)57-50(64)66-6/h13-15,18-27,36-37,41-42,48H,7-12,16-17H2,1-6H3,(H,52,54)(H,53,55)(H,56,63)(H,57,64)/t36-,37-,41-,42-,48?/m0/s1. The number of imidazole rings is 2. The fraction of sp³-hybridized carbons (Fsp3) is 0.440. The van der Waals surface area contributed by atoms with Crippen LogP contribution in [-0.2, 0) is 19.1 Å². The number of fused-ring (bicyclic) bond motifs is 5. The molecule has 18 heteroatoms. The summed E-state index contributed by atoms with van der Waals surface area (Å²) in [4.78, 5) is 72.9. The van der Waals surface area contributed by atoms with E-state index in [2.05, 4.69) is 42.7 Å². The summed E-state index contributed by atoms with van der Waals surface area (Å²) in [5.74, 6) is 0.955. The predicted molar refractivity (Wildman–Crippen MR) is 253 cm³/mol. The van der Waals surface area contributed by atoms with E-state index in [-0.39, 0.29) is 35.7 Å². The van der Waals surface area contributed by atoms with Gasteiger partial charge in [-0.3, -0.25) is 14.2 Å². The largest absolute Gasteiger partial charge is 0.464 e. The van der Waals surface area contributed by atoms with Crippen molar-refractivity contribution in [3.05, 3.63) is 88.1 Å². The monoisotopic (exact) mass is 945 g/mol. The van der Waals surface area contributed by atoms with Crippen molar-refractivity contribution < 1.29 is 37.8 Å². The Kier molecular flexibility index (Phi) is 12.0. The van der Waals surface area contributed by atoms with E-state index >= 15 is 4.39 Å². The molecule has 6 aromatic rings. The molecular formula is C50H56FN9O7S. The fourth-order valence-corrected chi connectivity index (χ4v) is 11.2. The summed E-state index contributed by atoms with van der Waals surface area (Å²) in [6, 6.07) is 11.6. The Hall–Kier alpha value is -6.69. The van der Waals surface area contributed by atoms with Crippen LogP contribution in [0.15, 0.2) is 60.2 Å². The molecule has 2 saturated heterocycles. The Morgan fingerprint density at radius 2 is 1.37 bits per heavy atom. The number of benzene rings is 2. The number of halogens is 1. The molecular weight excluding hydrogens is 890 g/mol.